The van der Waals surface area contributed by atoms with Crippen molar-refractivity contribution < 1.29 is 14.6 Å². The number of hydrogen-bond acceptors (Lipinski definition) is 3. The van der Waals surface area contributed by atoms with Gasteiger partial charge in [0.05, 0.1) is 19.6 Å². The summed E-state index contributed by atoms with van der Waals surface area (Å²) in [6.07, 6.45) is 3.50. The van der Waals surface area contributed by atoms with E-state index < -0.39 is 0 Å². The maximum Gasteiger partial charge on any atom is 0.227 e. The molecule has 5 heteroatoms. The largest absolute Gasteiger partial charge is 0.497 e. The number of aliphatic hydroxyl groups excluding tert-OH is 1. The zero-order chi connectivity index (χ0) is 14.8. The quantitative estimate of drug-likeness (QED) is 0.903. The Kier molecular flexibility index (Phi) is 3.84. The van der Waals surface area contributed by atoms with Crippen molar-refractivity contribution in [3.8, 4) is 5.75 Å². The van der Waals surface area contributed by atoms with Crippen LogP contribution < -0.4 is 4.74 Å². The van der Waals surface area contributed by atoms with Crippen LogP contribution in [0.1, 0.15) is 18.4 Å². The van der Waals surface area contributed by atoms with Crippen LogP contribution >= 0.6 is 0 Å². The molecule has 1 atom stereocenters. The number of likely N-dealkylation sites (tertiary alicyclic amines) is 1. The number of nitrogens with one attached hydrogen (secondary N) is 1. The number of hydrogen-bond donors (Lipinski definition) is 2. The van der Waals surface area contributed by atoms with Crippen molar-refractivity contribution in [2.24, 2.45) is 0 Å². The first kappa shape index (κ1) is 13.9. The van der Waals surface area contributed by atoms with Gasteiger partial charge in [0, 0.05) is 30.2 Å². The second kappa shape index (κ2) is 5.77. The van der Waals surface area contributed by atoms with Crippen molar-refractivity contribution in [1.82, 2.24) is 9.88 Å². The topological polar surface area (TPSA) is 65.6 Å². The Balaban J connectivity index is 1.79. The van der Waals surface area contributed by atoms with Crippen molar-refractivity contribution in [1.29, 1.82) is 0 Å². The van der Waals surface area contributed by atoms with Crippen LogP contribution in [0.2, 0.25) is 0 Å². The highest BCUT2D eigenvalue weighted by atomic mass is 16.5. The number of rotatable bonds is 3. The van der Waals surface area contributed by atoms with Gasteiger partial charge in [-0.25, -0.2) is 0 Å². The first-order valence-corrected chi connectivity index (χ1v) is 7.27. The first-order valence-electron chi connectivity index (χ1n) is 7.27. The number of benzene rings is 1. The lowest BCUT2D eigenvalue weighted by molar-refractivity contribution is -0.133. The second-order valence-electron chi connectivity index (χ2n) is 5.54. The average Bonchev–Trinajstić information content (AvgIpc) is 2.89. The third kappa shape index (κ3) is 2.88. The van der Waals surface area contributed by atoms with Gasteiger partial charge < -0.3 is 19.7 Å². The van der Waals surface area contributed by atoms with E-state index in [4.69, 9.17) is 4.74 Å². The molecular weight excluding hydrogens is 268 g/mol. The number of piperidine rings is 1. The van der Waals surface area contributed by atoms with Gasteiger partial charge in [-0.15, -0.1) is 0 Å². The van der Waals surface area contributed by atoms with Crippen molar-refractivity contribution in [3.63, 3.8) is 0 Å². The van der Waals surface area contributed by atoms with Gasteiger partial charge >= 0.3 is 0 Å². The molecule has 21 heavy (non-hydrogen) atoms. The van der Waals surface area contributed by atoms with E-state index in [1.165, 1.54) is 0 Å². The standard InChI is InChI=1S/C16H20N2O3/c1-21-13-4-5-15-14(8-13)11(9-17-15)7-16(20)18-6-2-3-12(19)10-18/h4-5,8-9,12,17,19H,2-3,6-7,10H2,1H3. The van der Waals surface area contributed by atoms with Crippen LogP contribution in [0.25, 0.3) is 10.9 Å². The lowest BCUT2D eigenvalue weighted by atomic mass is 10.1. The monoisotopic (exact) mass is 288 g/mol. The predicted molar refractivity (Wildman–Crippen MR) is 80.4 cm³/mol. The molecule has 0 aliphatic carbocycles. The van der Waals surface area contributed by atoms with Crippen LogP contribution in [0.4, 0.5) is 0 Å². The molecule has 0 bridgehead atoms. The highest BCUT2D eigenvalue weighted by molar-refractivity contribution is 5.89. The summed E-state index contributed by atoms with van der Waals surface area (Å²) < 4.78 is 5.24. The van der Waals surface area contributed by atoms with Gasteiger partial charge in [-0.2, -0.15) is 0 Å². The molecule has 2 aromatic rings. The van der Waals surface area contributed by atoms with Crippen molar-refractivity contribution >= 4 is 16.8 Å². The SMILES string of the molecule is COc1ccc2[nH]cc(CC(=O)N3CCCC(O)C3)c2c1. The number of amides is 1. The zero-order valence-corrected chi connectivity index (χ0v) is 12.1. The number of fused-ring (bicyclic) bond motifs is 1. The van der Waals surface area contributed by atoms with E-state index in [2.05, 4.69) is 4.98 Å². The molecular formula is C16H20N2O3. The van der Waals surface area contributed by atoms with E-state index >= 15 is 0 Å². The molecule has 2 heterocycles. The zero-order valence-electron chi connectivity index (χ0n) is 12.1. The molecule has 0 saturated carbocycles. The average molecular weight is 288 g/mol. The van der Waals surface area contributed by atoms with Gasteiger partial charge in [0.2, 0.25) is 5.91 Å². The van der Waals surface area contributed by atoms with E-state index in [1.807, 2.05) is 24.4 Å². The maximum absolute atomic E-state index is 12.4. The molecule has 1 saturated heterocycles. The van der Waals surface area contributed by atoms with E-state index in [-0.39, 0.29) is 12.0 Å². The van der Waals surface area contributed by atoms with Crippen molar-refractivity contribution in [2.45, 2.75) is 25.4 Å². The van der Waals surface area contributed by atoms with Crippen molar-refractivity contribution in [2.75, 3.05) is 20.2 Å². The molecule has 1 amide bonds. The third-order valence-corrected chi connectivity index (χ3v) is 4.07. The summed E-state index contributed by atoms with van der Waals surface area (Å²) in [5, 5.41) is 10.7. The van der Waals surface area contributed by atoms with Crippen LogP contribution in [-0.2, 0) is 11.2 Å². The Bertz CT molecular complexity index is 650. The van der Waals surface area contributed by atoms with Gasteiger partial charge in [0.15, 0.2) is 0 Å². The summed E-state index contributed by atoms with van der Waals surface area (Å²) >= 11 is 0. The third-order valence-electron chi connectivity index (χ3n) is 4.07. The number of aromatic nitrogens is 1. The van der Waals surface area contributed by atoms with Gasteiger partial charge in [-0.05, 0) is 36.6 Å². The van der Waals surface area contributed by atoms with Crippen LogP contribution in [0.5, 0.6) is 5.75 Å². The minimum atomic E-state index is -0.384. The molecule has 5 nitrogen and oxygen atoms in total. The molecule has 112 valence electrons. The van der Waals surface area contributed by atoms with E-state index in [0.717, 1.165) is 41.6 Å². The number of aliphatic hydroxyl groups is 1. The lowest BCUT2D eigenvalue weighted by Crippen LogP contribution is -2.42. The minimum Gasteiger partial charge on any atom is -0.497 e. The molecule has 1 aliphatic heterocycles. The number of H-pyrrole nitrogens is 1. The van der Waals surface area contributed by atoms with Gasteiger partial charge in [0.1, 0.15) is 5.75 Å². The van der Waals surface area contributed by atoms with E-state index in [9.17, 15) is 9.90 Å². The number of ether oxygens (including phenoxy) is 1. The number of β-amino-alcohol motifs (C(OH)–C–C–N with tert-alkyl or cyclic N) is 1. The Labute approximate surface area is 123 Å². The highest BCUT2D eigenvalue weighted by Gasteiger charge is 2.22. The van der Waals surface area contributed by atoms with Crippen LogP contribution in [0.3, 0.4) is 0 Å². The fourth-order valence-electron chi connectivity index (χ4n) is 2.89. The number of nitrogens with zero attached hydrogens (tertiary/aromatic N) is 1. The molecule has 1 aromatic carbocycles. The van der Waals surface area contributed by atoms with Crippen molar-refractivity contribution in [3.05, 3.63) is 30.0 Å². The number of carbonyl (C=O) groups excluding carboxylic acids is 1. The molecule has 1 aromatic heterocycles. The van der Waals surface area contributed by atoms with Gasteiger partial charge in [-0.1, -0.05) is 0 Å². The summed E-state index contributed by atoms with van der Waals surface area (Å²) in [6, 6.07) is 5.79. The highest BCUT2D eigenvalue weighted by Crippen LogP contribution is 2.24. The Morgan fingerprint density at radius 3 is 3.14 bits per heavy atom. The Morgan fingerprint density at radius 2 is 2.38 bits per heavy atom. The second-order valence-corrected chi connectivity index (χ2v) is 5.54. The normalized spacial score (nSPS) is 19.0. The van der Waals surface area contributed by atoms with E-state index in [1.54, 1.807) is 12.0 Å². The molecule has 1 aliphatic rings. The lowest BCUT2D eigenvalue weighted by Gasteiger charge is -2.30. The Hall–Kier alpha value is -2.01. The summed E-state index contributed by atoms with van der Waals surface area (Å²) in [5.41, 5.74) is 1.96. The predicted octanol–water partition coefficient (Wildman–Crippen LogP) is 1.70. The summed E-state index contributed by atoms with van der Waals surface area (Å²) in [4.78, 5) is 17.3. The molecule has 3 rings (SSSR count). The summed E-state index contributed by atoms with van der Waals surface area (Å²) in [6.45, 7) is 1.19. The fraction of sp³-hybridized carbons (Fsp3) is 0.438. The summed E-state index contributed by atoms with van der Waals surface area (Å²) in [7, 11) is 1.63. The van der Waals surface area contributed by atoms with Gasteiger partial charge in [0.25, 0.3) is 0 Å². The molecule has 1 unspecified atom stereocenters. The fourth-order valence-corrected chi connectivity index (χ4v) is 2.89. The Morgan fingerprint density at radius 1 is 1.52 bits per heavy atom. The van der Waals surface area contributed by atoms with Crippen LogP contribution in [-0.4, -0.2) is 47.2 Å². The first-order chi connectivity index (χ1) is 10.2. The van der Waals surface area contributed by atoms with E-state index in [0.29, 0.717) is 13.0 Å². The summed E-state index contributed by atoms with van der Waals surface area (Å²) in [5.74, 6) is 0.849. The van der Waals surface area contributed by atoms with Crippen LogP contribution in [0.15, 0.2) is 24.4 Å². The number of carbonyl (C=O) groups is 1. The minimum absolute atomic E-state index is 0.0671. The molecule has 0 spiro atoms. The van der Waals surface area contributed by atoms with Gasteiger partial charge in [-0.3, -0.25) is 4.79 Å². The molecule has 2 N–H and O–H groups in total. The van der Waals surface area contributed by atoms with Crippen LogP contribution in [0, 0.1) is 0 Å². The number of aromatic amines is 1. The molecule has 0 radical (unpaired) electrons. The maximum atomic E-state index is 12.4. The smallest absolute Gasteiger partial charge is 0.227 e. The molecule has 1 fully saturated rings. The number of methoxy groups -OCH3 is 1.